The highest BCUT2D eigenvalue weighted by Crippen LogP contribution is 2.29. The Kier molecular flexibility index (Phi) is 5.10. The number of hydrogen-bond donors (Lipinski definition) is 2. The maximum Gasteiger partial charge on any atom is 0.137 e. The number of nitrogens with two attached hydrogens (primary N) is 1. The number of hydrazine groups is 1. The summed E-state index contributed by atoms with van der Waals surface area (Å²) in [5.74, 6) is 4.77. The Morgan fingerprint density at radius 1 is 1.25 bits per heavy atom. The lowest BCUT2D eigenvalue weighted by atomic mass is 9.99. The molecule has 0 aliphatic heterocycles. The van der Waals surface area contributed by atoms with E-state index in [-0.39, 0.29) is 17.7 Å². The fourth-order valence-corrected chi connectivity index (χ4v) is 2.70. The number of halogens is 4. The minimum Gasteiger partial charge on any atom is -0.271 e. The maximum atomic E-state index is 13.6. The van der Waals surface area contributed by atoms with E-state index in [0.717, 1.165) is 0 Å². The zero-order valence-corrected chi connectivity index (χ0v) is 12.7. The normalized spacial score (nSPS) is 12.4. The van der Waals surface area contributed by atoms with Crippen molar-refractivity contribution in [3.8, 4) is 0 Å². The Hall–Kier alpha value is -1.01. The van der Waals surface area contributed by atoms with Crippen LogP contribution in [-0.2, 0) is 6.42 Å². The van der Waals surface area contributed by atoms with Crippen molar-refractivity contribution in [2.24, 2.45) is 5.84 Å². The van der Waals surface area contributed by atoms with Gasteiger partial charge < -0.3 is 0 Å². The van der Waals surface area contributed by atoms with Gasteiger partial charge in [-0.25, -0.2) is 8.78 Å². The van der Waals surface area contributed by atoms with Crippen molar-refractivity contribution in [2.45, 2.75) is 12.5 Å². The third kappa shape index (κ3) is 3.35. The summed E-state index contributed by atoms with van der Waals surface area (Å²) in [4.78, 5) is 0. The Morgan fingerprint density at radius 3 is 2.70 bits per heavy atom. The third-order valence-corrected chi connectivity index (χ3v) is 4.20. The van der Waals surface area contributed by atoms with Crippen LogP contribution in [0.3, 0.4) is 0 Å². The van der Waals surface area contributed by atoms with Crippen LogP contribution in [0.15, 0.2) is 40.9 Å². The molecule has 2 aromatic rings. The van der Waals surface area contributed by atoms with Crippen molar-refractivity contribution in [1.29, 1.82) is 0 Å². The maximum absolute atomic E-state index is 13.6. The van der Waals surface area contributed by atoms with Crippen LogP contribution in [-0.4, -0.2) is 0 Å². The van der Waals surface area contributed by atoms with Crippen LogP contribution in [0.4, 0.5) is 8.78 Å². The van der Waals surface area contributed by atoms with Gasteiger partial charge >= 0.3 is 0 Å². The third-order valence-electron chi connectivity index (χ3n) is 2.99. The number of rotatable bonds is 4. The highest BCUT2D eigenvalue weighted by Gasteiger charge is 2.17. The summed E-state index contributed by atoms with van der Waals surface area (Å²) in [7, 11) is 0. The highest BCUT2D eigenvalue weighted by atomic mass is 79.9. The number of benzene rings is 2. The van der Waals surface area contributed by atoms with Crippen LogP contribution in [0, 0.1) is 11.6 Å². The van der Waals surface area contributed by atoms with Crippen molar-refractivity contribution in [2.75, 3.05) is 0 Å². The van der Waals surface area contributed by atoms with Gasteiger partial charge in [0, 0.05) is 5.02 Å². The zero-order valence-electron chi connectivity index (χ0n) is 10.3. The molecular weight excluding hydrogens is 350 g/mol. The zero-order chi connectivity index (χ0) is 14.7. The Balaban J connectivity index is 2.34. The molecule has 0 heterocycles. The van der Waals surface area contributed by atoms with E-state index in [2.05, 4.69) is 21.4 Å². The highest BCUT2D eigenvalue weighted by molar-refractivity contribution is 9.10. The quantitative estimate of drug-likeness (QED) is 0.635. The molecule has 2 rings (SSSR count). The monoisotopic (exact) mass is 360 g/mol. The fraction of sp³-hybridized carbons (Fsp3) is 0.143. The molecule has 0 bridgehead atoms. The van der Waals surface area contributed by atoms with Gasteiger partial charge in [-0.2, -0.15) is 0 Å². The van der Waals surface area contributed by atoms with E-state index in [0.29, 0.717) is 27.0 Å². The second-order valence-electron chi connectivity index (χ2n) is 4.30. The average molecular weight is 362 g/mol. The molecule has 2 nitrogen and oxygen atoms in total. The van der Waals surface area contributed by atoms with Gasteiger partial charge in [0.15, 0.2) is 0 Å². The molecule has 0 aliphatic rings. The molecule has 106 valence electrons. The first-order valence-corrected chi connectivity index (χ1v) is 7.04. The molecule has 2 aromatic carbocycles. The summed E-state index contributed by atoms with van der Waals surface area (Å²) < 4.78 is 27.2. The molecule has 6 heteroatoms. The molecule has 3 N–H and O–H groups in total. The van der Waals surface area contributed by atoms with Gasteiger partial charge in [-0.15, -0.1) is 0 Å². The molecule has 0 fully saturated rings. The summed E-state index contributed by atoms with van der Waals surface area (Å²) in [6.07, 6.45) is 0.342. The average Bonchev–Trinajstić information content (AvgIpc) is 2.43. The predicted molar refractivity (Wildman–Crippen MR) is 79.3 cm³/mol. The lowest BCUT2D eigenvalue weighted by Gasteiger charge is -2.19. The van der Waals surface area contributed by atoms with E-state index in [1.165, 1.54) is 24.3 Å². The molecule has 0 saturated carbocycles. The van der Waals surface area contributed by atoms with Gasteiger partial charge in [-0.05, 0) is 57.7 Å². The first kappa shape index (κ1) is 15.4. The molecule has 0 spiro atoms. The summed E-state index contributed by atoms with van der Waals surface area (Å²) in [5.41, 5.74) is 3.85. The smallest absolute Gasteiger partial charge is 0.137 e. The van der Waals surface area contributed by atoms with Crippen molar-refractivity contribution >= 4 is 27.5 Å². The summed E-state index contributed by atoms with van der Waals surface area (Å²) in [5, 5.41) is 0.444. The van der Waals surface area contributed by atoms with E-state index in [4.69, 9.17) is 17.4 Å². The van der Waals surface area contributed by atoms with E-state index >= 15 is 0 Å². The molecule has 20 heavy (non-hydrogen) atoms. The topological polar surface area (TPSA) is 38.0 Å². The summed E-state index contributed by atoms with van der Waals surface area (Å²) >= 11 is 9.23. The first-order chi connectivity index (χ1) is 9.52. The van der Waals surface area contributed by atoms with E-state index in [1.54, 1.807) is 12.1 Å². The molecule has 0 amide bonds. The molecule has 0 saturated heterocycles. The first-order valence-electron chi connectivity index (χ1n) is 5.87. The van der Waals surface area contributed by atoms with Crippen molar-refractivity contribution in [3.63, 3.8) is 0 Å². The lowest BCUT2D eigenvalue weighted by molar-refractivity contribution is 0.538. The van der Waals surface area contributed by atoms with Crippen LogP contribution in [0.25, 0.3) is 0 Å². The van der Waals surface area contributed by atoms with Gasteiger partial charge in [-0.1, -0.05) is 23.7 Å². The van der Waals surface area contributed by atoms with Crippen LogP contribution in [0.2, 0.25) is 5.02 Å². The Bertz CT molecular complexity index is 622. The van der Waals surface area contributed by atoms with Crippen LogP contribution in [0.5, 0.6) is 0 Å². The predicted octanol–water partition coefficient (Wildman–Crippen LogP) is 4.13. The van der Waals surface area contributed by atoms with Gasteiger partial charge in [-0.3, -0.25) is 11.3 Å². The summed E-state index contributed by atoms with van der Waals surface area (Å²) in [6.45, 7) is 0. The second kappa shape index (κ2) is 6.63. The van der Waals surface area contributed by atoms with Gasteiger partial charge in [0.1, 0.15) is 11.6 Å². The van der Waals surface area contributed by atoms with Crippen LogP contribution >= 0.6 is 27.5 Å². The van der Waals surface area contributed by atoms with Crippen molar-refractivity contribution in [1.82, 2.24) is 5.43 Å². The van der Waals surface area contributed by atoms with Crippen molar-refractivity contribution in [3.05, 3.63) is 68.7 Å². The Morgan fingerprint density at radius 2 is 2.00 bits per heavy atom. The largest absolute Gasteiger partial charge is 0.271 e. The van der Waals surface area contributed by atoms with Gasteiger partial charge in [0.05, 0.1) is 10.5 Å². The van der Waals surface area contributed by atoms with E-state index in [9.17, 15) is 8.78 Å². The SMILES string of the molecule is NNC(Cc1cc(F)ccc1Cl)c1cccc(F)c1Br. The lowest BCUT2D eigenvalue weighted by Crippen LogP contribution is -2.30. The minimum atomic E-state index is -0.389. The van der Waals surface area contributed by atoms with Crippen molar-refractivity contribution < 1.29 is 8.78 Å². The molecule has 0 radical (unpaired) electrons. The second-order valence-corrected chi connectivity index (χ2v) is 5.50. The Labute approximate surface area is 129 Å². The fourth-order valence-electron chi connectivity index (χ4n) is 1.97. The van der Waals surface area contributed by atoms with E-state index in [1.807, 2.05) is 0 Å². The van der Waals surface area contributed by atoms with E-state index < -0.39 is 0 Å². The molecule has 0 aromatic heterocycles. The molecule has 0 aliphatic carbocycles. The van der Waals surface area contributed by atoms with Gasteiger partial charge in [0.2, 0.25) is 0 Å². The van der Waals surface area contributed by atoms with Crippen LogP contribution in [0.1, 0.15) is 17.2 Å². The standard InChI is InChI=1S/C14H12BrClF2N2/c15-14-10(2-1-3-12(14)18)13(20-19)7-8-6-9(17)4-5-11(8)16/h1-6,13,20H,7,19H2. The van der Waals surface area contributed by atoms with Gasteiger partial charge in [0.25, 0.3) is 0 Å². The molecular formula is C14H12BrClF2N2. The summed E-state index contributed by atoms with van der Waals surface area (Å²) in [6, 6.07) is 8.41. The van der Waals surface area contributed by atoms with Crippen LogP contribution < -0.4 is 11.3 Å². The minimum absolute atomic E-state index is 0.329. The molecule has 1 unspecified atom stereocenters. The number of hydrogen-bond acceptors (Lipinski definition) is 2. The number of nitrogens with one attached hydrogen (secondary N) is 1. The molecule has 1 atom stereocenters.